The highest BCUT2D eigenvalue weighted by Crippen LogP contribution is 2.33. The number of rotatable bonds is 7. The van der Waals surface area contributed by atoms with Crippen LogP contribution in [0.4, 0.5) is 11.4 Å². The van der Waals surface area contributed by atoms with Crippen LogP contribution in [0.5, 0.6) is 0 Å². The average molecular weight is 654 g/mol. The van der Waals surface area contributed by atoms with Crippen LogP contribution in [0.1, 0.15) is 20.3 Å². The Labute approximate surface area is 225 Å². The van der Waals surface area contributed by atoms with Crippen LogP contribution in [0.25, 0.3) is 32.9 Å². The molecule has 0 fully saturated rings. The molecular weight excluding hydrogens is 622 g/mol. The van der Waals surface area contributed by atoms with Crippen molar-refractivity contribution < 1.29 is 57.4 Å². The minimum absolute atomic E-state index is 0. The number of quaternary nitrogens is 1. The molecule has 0 aliphatic carbocycles. The van der Waals surface area contributed by atoms with Crippen LogP contribution >= 0.6 is 0 Å². The molecule has 4 nitrogen and oxygen atoms in total. The number of anilines is 2. The molecule has 0 aliphatic rings. The van der Waals surface area contributed by atoms with Gasteiger partial charge in [0.2, 0.25) is 11.2 Å². The summed E-state index contributed by atoms with van der Waals surface area (Å²) in [5, 5.41) is 3.62. The van der Waals surface area contributed by atoms with Gasteiger partial charge in [0.25, 0.3) is 0 Å². The van der Waals surface area contributed by atoms with E-state index in [0.717, 1.165) is 44.0 Å². The van der Waals surface area contributed by atoms with Gasteiger partial charge in [0.1, 0.15) is 0 Å². The number of aryl methyl sites for hydroxylation is 1. The summed E-state index contributed by atoms with van der Waals surface area (Å²) >= 11 is 0. The van der Waals surface area contributed by atoms with Crippen molar-refractivity contribution in [3.05, 3.63) is 66.7 Å². The summed E-state index contributed by atoms with van der Waals surface area (Å²) in [4.78, 5) is 1.63. The van der Waals surface area contributed by atoms with Crippen LogP contribution in [0.3, 0.4) is 0 Å². The van der Waals surface area contributed by atoms with Crippen LogP contribution < -0.4 is 68.9 Å². The van der Waals surface area contributed by atoms with Crippen LogP contribution in [0.15, 0.2) is 66.7 Å². The van der Waals surface area contributed by atoms with E-state index in [0.29, 0.717) is 0 Å². The Morgan fingerprint density at radius 1 is 0.750 bits per heavy atom. The van der Waals surface area contributed by atoms with Crippen molar-refractivity contribution in [3.63, 3.8) is 0 Å². The first-order valence-electron chi connectivity index (χ1n) is 11.0. The molecule has 32 heavy (non-hydrogen) atoms. The fourth-order valence-corrected chi connectivity index (χ4v) is 4.49. The van der Waals surface area contributed by atoms with Crippen molar-refractivity contribution in [2.24, 2.45) is 0 Å². The van der Waals surface area contributed by atoms with Crippen molar-refractivity contribution in [1.29, 1.82) is 0 Å². The Bertz CT molecular complexity index is 1170. The van der Waals surface area contributed by atoms with Crippen molar-refractivity contribution in [3.8, 4) is 11.3 Å². The Kier molecular flexibility index (Phi) is 9.97. The van der Waals surface area contributed by atoms with Crippen LogP contribution in [-0.4, -0.2) is 19.6 Å². The largest absolute Gasteiger partial charge is 1.00 e. The van der Waals surface area contributed by atoms with E-state index in [1.165, 1.54) is 32.9 Å². The first-order chi connectivity index (χ1) is 14.6. The number of benzene rings is 3. The van der Waals surface area contributed by atoms with Gasteiger partial charge in [-0.1, -0.05) is 24.3 Å². The molecule has 0 saturated heterocycles. The van der Waals surface area contributed by atoms with E-state index >= 15 is 0 Å². The maximum absolute atomic E-state index is 6.23. The summed E-state index contributed by atoms with van der Waals surface area (Å²) in [6.07, 6.45) is 1.11. The van der Waals surface area contributed by atoms with E-state index in [9.17, 15) is 0 Å². The maximum Gasteiger partial charge on any atom is 0.220 e. The lowest BCUT2D eigenvalue weighted by atomic mass is 9.98. The van der Waals surface area contributed by atoms with Gasteiger partial charge in [-0.25, -0.2) is 0 Å². The summed E-state index contributed by atoms with van der Waals surface area (Å²) in [7, 11) is 0. The molecule has 0 amide bonds. The number of hydrogen-bond donors (Lipinski definition) is 3. The van der Waals surface area contributed by atoms with Gasteiger partial charge in [-0.3, -0.25) is 0 Å². The van der Waals surface area contributed by atoms with Gasteiger partial charge in [0.15, 0.2) is 6.54 Å². The molecule has 3 aromatic carbocycles. The Hall–Kier alpha value is -1.65. The predicted molar refractivity (Wildman–Crippen MR) is 127 cm³/mol. The quantitative estimate of drug-likeness (QED) is 0.0890. The zero-order valence-electron chi connectivity index (χ0n) is 18.7. The molecule has 0 spiro atoms. The molecule has 1 aromatic heterocycles. The van der Waals surface area contributed by atoms with Crippen LogP contribution in [-0.2, 0) is 6.54 Å². The topological polar surface area (TPSA) is 60.4 Å². The van der Waals surface area contributed by atoms with Gasteiger partial charge in [-0.15, -0.1) is 0 Å². The van der Waals surface area contributed by atoms with E-state index in [4.69, 9.17) is 11.5 Å². The second-order valence-electron chi connectivity index (χ2n) is 8.01. The summed E-state index contributed by atoms with van der Waals surface area (Å²) in [5.41, 5.74) is 17.6. The fraction of sp³-hybridized carbons (Fsp3) is 0.269. The molecule has 170 valence electrons. The first-order valence-corrected chi connectivity index (χ1v) is 11.0. The summed E-state index contributed by atoms with van der Waals surface area (Å²) < 4.78 is 2.45. The lowest BCUT2D eigenvalue weighted by Gasteiger charge is -2.16. The lowest BCUT2D eigenvalue weighted by Crippen LogP contribution is -3.11. The lowest BCUT2D eigenvalue weighted by molar-refractivity contribution is -0.898. The molecule has 4 rings (SSSR count). The molecule has 5 N–H and O–H groups in total. The molecule has 0 unspecified atom stereocenters. The van der Waals surface area contributed by atoms with E-state index in [-0.39, 0.29) is 48.0 Å². The number of nitrogen functional groups attached to an aromatic ring is 2. The molecular formula is C26H32I2N4. The molecule has 4 aromatic rings. The Morgan fingerprint density at radius 3 is 2.03 bits per heavy atom. The molecule has 0 bridgehead atoms. The molecule has 1 heterocycles. The van der Waals surface area contributed by atoms with Gasteiger partial charge in [-0.05, 0) is 50.2 Å². The number of nitrogens with two attached hydrogens (primary N) is 2. The number of halogens is 2. The highest BCUT2D eigenvalue weighted by molar-refractivity contribution is 6.10. The van der Waals surface area contributed by atoms with E-state index < -0.39 is 0 Å². The van der Waals surface area contributed by atoms with E-state index in [1.54, 1.807) is 4.90 Å². The third-order valence-electron chi connectivity index (χ3n) is 6.13. The third kappa shape index (κ3) is 5.46. The number of fused-ring (bicyclic) bond motifs is 3. The second kappa shape index (κ2) is 12.0. The zero-order chi connectivity index (χ0) is 21.1. The van der Waals surface area contributed by atoms with Crippen molar-refractivity contribution in [1.82, 2.24) is 0 Å². The minimum Gasteiger partial charge on any atom is -1.00 e. The monoisotopic (exact) mass is 654 g/mol. The van der Waals surface area contributed by atoms with Crippen LogP contribution in [0.2, 0.25) is 0 Å². The summed E-state index contributed by atoms with van der Waals surface area (Å²) in [6, 6.07) is 23.1. The average Bonchev–Trinajstić information content (AvgIpc) is 2.77. The SMILES string of the molecule is CC[NH+](CC)CCC[n+]1c(-c2ccccc2)c2cc(N)ccc2c2ccc(N)cc21.[I-].[I-]. The zero-order valence-corrected chi connectivity index (χ0v) is 23.1. The van der Waals surface area contributed by atoms with Gasteiger partial charge in [0.05, 0.1) is 36.8 Å². The predicted octanol–water partition coefficient (Wildman–Crippen LogP) is -2.57. The highest BCUT2D eigenvalue weighted by atomic mass is 127. The fourth-order valence-electron chi connectivity index (χ4n) is 4.49. The smallest absolute Gasteiger partial charge is 0.220 e. The number of hydrogen-bond acceptors (Lipinski definition) is 2. The minimum atomic E-state index is 0. The number of nitrogens with zero attached hydrogens (tertiary/aromatic N) is 1. The number of aromatic nitrogens is 1. The Balaban J connectivity index is 0.00000181. The second-order valence-corrected chi connectivity index (χ2v) is 8.01. The van der Waals surface area contributed by atoms with Gasteiger partial charge in [0, 0.05) is 28.4 Å². The molecule has 0 radical (unpaired) electrons. The first kappa shape index (κ1) is 26.6. The standard InChI is InChI=1S/C26H30N4.2HI/c1-3-29(4-2)15-8-16-30-25-18-21(28)12-14-23(25)22-13-11-20(27)17-24(22)26(30)19-9-6-5-7-10-19;;/h5-7,9-14,17-18,28H,3-4,8,15-16,27H2,1-2H3;2*1H. The van der Waals surface area contributed by atoms with Crippen molar-refractivity contribution in [2.45, 2.75) is 26.8 Å². The maximum atomic E-state index is 6.23. The van der Waals surface area contributed by atoms with E-state index in [2.05, 4.69) is 73.0 Å². The summed E-state index contributed by atoms with van der Waals surface area (Å²) in [5.74, 6) is 0. The number of pyridine rings is 1. The third-order valence-corrected chi connectivity index (χ3v) is 6.13. The highest BCUT2D eigenvalue weighted by Gasteiger charge is 2.24. The van der Waals surface area contributed by atoms with E-state index in [1.807, 2.05) is 12.1 Å². The van der Waals surface area contributed by atoms with Gasteiger partial charge >= 0.3 is 0 Å². The summed E-state index contributed by atoms with van der Waals surface area (Å²) in [6.45, 7) is 8.95. The van der Waals surface area contributed by atoms with Gasteiger partial charge in [-0.2, -0.15) is 4.57 Å². The number of nitrogens with one attached hydrogen (secondary N) is 1. The van der Waals surface area contributed by atoms with Crippen molar-refractivity contribution >= 4 is 33.1 Å². The molecule has 6 heteroatoms. The molecule has 0 atom stereocenters. The van der Waals surface area contributed by atoms with Crippen LogP contribution in [0, 0.1) is 0 Å². The van der Waals surface area contributed by atoms with Crippen molar-refractivity contribution in [2.75, 3.05) is 31.1 Å². The molecule has 0 saturated carbocycles. The Morgan fingerprint density at radius 2 is 1.38 bits per heavy atom. The molecule has 0 aliphatic heterocycles. The van der Waals surface area contributed by atoms with Gasteiger partial charge < -0.3 is 64.3 Å². The normalized spacial score (nSPS) is 10.8.